The zero-order valence-electron chi connectivity index (χ0n) is 9.20. The molecule has 0 aliphatic rings. The van der Waals surface area contributed by atoms with Crippen LogP contribution < -0.4 is 11.1 Å². The lowest BCUT2D eigenvalue weighted by molar-refractivity contribution is -0.118. The molecule has 0 bridgehead atoms. The third-order valence-electron chi connectivity index (χ3n) is 2.26. The number of nitrogens with zero attached hydrogens (tertiary/aromatic N) is 5. The average Bonchev–Trinajstić information content (AvgIpc) is 2.77. The van der Waals surface area contributed by atoms with Crippen molar-refractivity contribution in [3.63, 3.8) is 0 Å². The number of unbranched alkanes of at least 4 members (excludes halogenated alkanes) is 1. The molecular weight excluding hydrogens is 222 g/mol. The number of aromatic nitrogens is 5. The lowest BCUT2D eigenvalue weighted by Gasteiger charge is -2.05. The number of hydrogen-bond donors (Lipinski definition) is 2. The van der Waals surface area contributed by atoms with Crippen LogP contribution in [0.2, 0.25) is 0 Å². The summed E-state index contributed by atoms with van der Waals surface area (Å²) in [6, 6.07) is 0. The van der Waals surface area contributed by atoms with Gasteiger partial charge in [-0.25, -0.2) is 0 Å². The van der Waals surface area contributed by atoms with Crippen molar-refractivity contribution in [2.45, 2.75) is 19.3 Å². The maximum Gasteiger partial charge on any atom is 0.217 e. The van der Waals surface area contributed by atoms with E-state index in [1.54, 1.807) is 16.9 Å². The normalized spacial score (nSPS) is 10.6. The minimum Gasteiger partial charge on any atom is -0.370 e. The van der Waals surface area contributed by atoms with Gasteiger partial charge in [0, 0.05) is 13.0 Å². The Hall–Kier alpha value is -2.25. The van der Waals surface area contributed by atoms with Crippen LogP contribution in [-0.2, 0) is 4.79 Å². The van der Waals surface area contributed by atoms with Gasteiger partial charge in [0.15, 0.2) is 5.65 Å². The van der Waals surface area contributed by atoms with Gasteiger partial charge in [0.05, 0.1) is 12.4 Å². The van der Waals surface area contributed by atoms with Crippen LogP contribution in [0, 0.1) is 0 Å². The summed E-state index contributed by atoms with van der Waals surface area (Å²) >= 11 is 0. The van der Waals surface area contributed by atoms with Crippen molar-refractivity contribution < 1.29 is 4.79 Å². The quantitative estimate of drug-likeness (QED) is 0.658. The molecule has 2 rings (SSSR count). The summed E-state index contributed by atoms with van der Waals surface area (Å²) in [5.74, 6) is 0.459. The van der Waals surface area contributed by atoms with Crippen LogP contribution in [-0.4, -0.2) is 37.5 Å². The number of amides is 1. The SMILES string of the molecule is NC(=O)CCCCNc1cncc2nnnn12. The fourth-order valence-corrected chi connectivity index (χ4v) is 1.44. The number of carbonyl (C=O) groups excluding carboxylic acids is 1. The zero-order valence-corrected chi connectivity index (χ0v) is 9.20. The van der Waals surface area contributed by atoms with Crippen LogP contribution in [0.25, 0.3) is 5.65 Å². The Bertz CT molecular complexity index is 509. The molecule has 0 aliphatic heterocycles. The summed E-state index contributed by atoms with van der Waals surface area (Å²) in [5.41, 5.74) is 5.64. The van der Waals surface area contributed by atoms with Crippen molar-refractivity contribution in [1.82, 2.24) is 25.0 Å². The zero-order chi connectivity index (χ0) is 12.1. The van der Waals surface area contributed by atoms with Crippen molar-refractivity contribution in [1.29, 1.82) is 0 Å². The van der Waals surface area contributed by atoms with Crippen LogP contribution >= 0.6 is 0 Å². The summed E-state index contributed by atoms with van der Waals surface area (Å²) in [7, 11) is 0. The molecule has 17 heavy (non-hydrogen) atoms. The second-order valence-corrected chi connectivity index (χ2v) is 3.59. The third-order valence-corrected chi connectivity index (χ3v) is 2.26. The van der Waals surface area contributed by atoms with Crippen LogP contribution in [0.15, 0.2) is 12.4 Å². The van der Waals surface area contributed by atoms with Crippen molar-refractivity contribution in [3.05, 3.63) is 12.4 Å². The van der Waals surface area contributed by atoms with Gasteiger partial charge in [-0.1, -0.05) is 0 Å². The van der Waals surface area contributed by atoms with Gasteiger partial charge in [0.1, 0.15) is 5.82 Å². The van der Waals surface area contributed by atoms with E-state index in [1.807, 2.05) is 0 Å². The first-order valence-electron chi connectivity index (χ1n) is 5.31. The van der Waals surface area contributed by atoms with Crippen molar-refractivity contribution in [3.8, 4) is 0 Å². The highest BCUT2D eigenvalue weighted by molar-refractivity contribution is 5.73. The van der Waals surface area contributed by atoms with Gasteiger partial charge in [-0.2, -0.15) is 4.52 Å². The van der Waals surface area contributed by atoms with E-state index in [0.29, 0.717) is 18.6 Å². The standard InChI is InChI=1S/C9H13N7O/c10-7(17)3-1-2-4-12-8-5-11-6-9-13-14-15-16(8)9/h5-6,12H,1-4H2,(H2,10,17). The molecule has 0 saturated heterocycles. The molecule has 8 heteroatoms. The summed E-state index contributed by atoms with van der Waals surface area (Å²) in [4.78, 5) is 14.5. The van der Waals surface area contributed by atoms with E-state index in [-0.39, 0.29) is 5.91 Å². The molecule has 2 aromatic heterocycles. The molecule has 0 fully saturated rings. The monoisotopic (exact) mass is 235 g/mol. The molecular formula is C9H13N7O. The molecule has 0 atom stereocenters. The molecule has 90 valence electrons. The summed E-state index contributed by atoms with van der Waals surface area (Å²) in [6.07, 6.45) is 5.26. The fraction of sp³-hybridized carbons (Fsp3) is 0.444. The Morgan fingerprint density at radius 2 is 2.29 bits per heavy atom. The van der Waals surface area contributed by atoms with Gasteiger partial charge in [0.25, 0.3) is 0 Å². The molecule has 2 aromatic rings. The smallest absolute Gasteiger partial charge is 0.217 e. The number of rotatable bonds is 6. The van der Waals surface area contributed by atoms with Gasteiger partial charge in [-0.3, -0.25) is 9.78 Å². The molecule has 0 aromatic carbocycles. The average molecular weight is 235 g/mol. The first-order chi connectivity index (χ1) is 8.27. The van der Waals surface area contributed by atoms with Gasteiger partial charge < -0.3 is 11.1 Å². The number of fused-ring (bicyclic) bond motifs is 1. The van der Waals surface area contributed by atoms with Gasteiger partial charge >= 0.3 is 0 Å². The molecule has 0 spiro atoms. The largest absolute Gasteiger partial charge is 0.370 e. The van der Waals surface area contributed by atoms with Crippen LogP contribution in [0.1, 0.15) is 19.3 Å². The first-order valence-corrected chi connectivity index (χ1v) is 5.31. The number of nitrogens with one attached hydrogen (secondary N) is 1. The van der Waals surface area contributed by atoms with E-state index < -0.39 is 0 Å². The Kier molecular flexibility index (Phi) is 3.43. The second kappa shape index (κ2) is 5.19. The summed E-state index contributed by atoms with van der Waals surface area (Å²) in [5, 5.41) is 14.3. The van der Waals surface area contributed by atoms with Crippen LogP contribution in [0.4, 0.5) is 5.82 Å². The molecule has 1 amide bonds. The molecule has 0 saturated carbocycles. The van der Waals surface area contributed by atoms with E-state index in [1.165, 1.54) is 0 Å². The number of primary amides is 1. The number of carbonyl (C=O) groups is 1. The molecule has 0 aliphatic carbocycles. The molecule has 0 unspecified atom stereocenters. The minimum atomic E-state index is -0.269. The molecule has 2 heterocycles. The summed E-state index contributed by atoms with van der Waals surface area (Å²) in [6.45, 7) is 0.716. The molecule has 0 radical (unpaired) electrons. The number of nitrogens with two attached hydrogens (primary N) is 1. The summed E-state index contributed by atoms with van der Waals surface area (Å²) < 4.78 is 1.57. The Morgan fingerprint density at radius 3 is 3.12 bits per heavy atom. The fourth-order valence-electron chi connectivity index (χ4n) is 1.44. The highest BCUT2D eigenvalue weighted by Crippen LogP contribution is 2.06. The maximum absolute atomic E-state index is 10.5. The Labute approximate surface area is 97.2 Å². The van der Waals surface area contributed by atoms with Crippen molar-refractivity contribution in [2.75, 3.05) is 11.9 Å². The van der Waals surface area contributed by atoms with E-state index in [2.05, 4.69) is 25.8 Å². The van der Waals surface area contributed by atoms with Crippen molar-refractivity contribution in [2.24, 2.45) is 5.73 Å². The highest BCUT2D eigenvalue weighted by atomic mass is 16.1. The minimum absolute atomic E-state index is 0.269. The third kappa shape index (κ3) is 2.86. The second-order valence-electron chi connectivity index (χ2n) is 3.59. The van der Waals surface area contributed by atoms with Crippen LogP contribution in [0.3, 0.4) is 0 Å². The van der Waals surface area contributed by atoms with E-state index >= 15 is 0 Å². The van der Waals surface area contributed by atoms with Gasteiger partial charge in [-0.15, -0.1) is 5.10 Å². The van der Waals surface area contributed by atoms with Crippen LogP contribution in [0.5, 0.6) is 0 Å². The first kappa shape index (κ1) is 11.2. The predicted octanol–water partition coefficient (Wildman–Crippen LogP) is -0.413. The number of anilines is 1. The lowest BCUT2D eigenvalue weighted by Crippen LogP contribution is -2.11. The topological polar surface area (TPSA) is 111 Å². The van der Waals surface area contributed by atoms with Gasteiger partial charge in [0.2, 0.25) is 5.91 Å². The van der Waals surface area contributed by atoms with E-state index in [9.17, 15) is 4.79 Å². The maximum atomic E-state index is 10.5. The van der Waals surface area contributed by atoms with E-state index in [0.717, 1.165) is 18.7 Å². The van der Waals surface area contributed by atoms with Crippen molar-refractivity contribution >= 4 is 17.4 Å². The predicted molar refractivity (Wildman–Crippen MR) is 60.1 cm³/mol. The molecule has 8 nitrogen and oxygen atoms in total. The molecule has 3 N–H and O–H groups in total. The Morgan fingerprint density at radius 1 is 1.41 bits per heavy atom. The Balaban J connectivity index is 1.86. The number of hydrogen-bond acceptors (Lipinski definition) is 6. The lowest BCUT2D eigenvalue weighted by atomic mass is 10.2. The highest BCUT2D eigenvalue weighted by Gasteiger charge is 2.02. The number of tetrazole rings is 1. The van der Waals surface area contributed by atoms with Gasteiger partial charge in [-0.05, 0) is 23.3 Å². The van der Waals surface area contributed by atoms with E-state index in [4.69, 9.17) is 5.73 Å².